The fraction of sp³-hybridized carbons (Fsp3) is 0.190. The topological polar surface area (TPSA) is 92.8 Å². The van der Waals surface area contributed by atoms with E-state index in [1.54, 1.807) is 24.6 Å². The van der Waals surface area contributed by atoms with Gasteiger partial charge in [0.25, 0.3) is 0 Å². The zero-order valence-corrected chi connectivity index (χ0v) is 28.6. The Hall–Kier alpha value is -5.82. The van der Waals surface area contributed by atoms with Crippen molar-refractivity contribution in [2.45, 2.75) is 41.5 Å². The van der Waals surface area contributed by atoms with Crippen LogP contribution in [0.4, 0.5) is 11.4 Å². The largest absolute Gasteiger partial charge is 0.457 e. The molecule has 0 saturated heterocycles. The number of hydrogen-bond acceptors (Lipinski definition) is 7. The third-order valence-corrected chi connectivity index (χ3v) is 8.31. The predicted octanol–water partition coefficient (Wildman–Crippen LogP) is 12.0. The van der Waals surface area contributed by atoms with Gasteiger partial charge in [0.2, 0.25) is 0 Å². The molecule has 0 spiro atoms. The molecule has 0 saturated carbocycles. The Labute approximate surface area is 286 Å². The maximum atomic E-state index is 13.1. The summed E-state index contributed by atoms with van der Waals surface area (Å²) in [6.45, 7) is 12.2. The first-order valence-electron chi connectivity index (χ1n) is 16.2. The first-order valence-corrected chi connectivity index (χ1v) is 16.2. The Morgan fingerprint density at radius 3 is 1.98 bits per heavy atom. The third-order valence-electron chi connectivity index (χ3n) is 8.31. The van der Waals surface area contributed by atoms with E-state index in [9.17, 15) is 9.59 Å². The summed E-state index contributed by atoms with van der Waals surface area (Å²) >= 11 is 0. The van der Waals surface area contributed by atoms with Gasteiger partial charge < -0.3 is 4.74 Å². The van der Waals surface area contributed by atoms with E-state index in [2.05, 4.69) is 20.5 Å². The van der Waals surface area contributed by atoms with Crippen LogP contribution in [0.5, 0.6) is 11.5 Å². The number of azo groups is 2. The molecule has 0 N–H and O–H groups in total. The number of Topliss-reactive ketones (excluding diaryl/α,β-unsaturated/α-hetero) is 1. The van der Waals surface area contributed by atoms with Crippen LogP contribution in [0.15, 0.2) is 159 Å². The summed E-state index contributed by atoms with van der Waals surface area (Å²) in [6, 6.07) is 26.6. The fourth-order valence-electron chi connectivity index (χ4n) is 5.71. The number of ether oxygens (including phenoxy) is 1. The molecule has 0 atom stereocenters. The van der Waals surface area contributed by atoms with Crippen molar-refractivity contribution in [1.82, 2.24) is 0 Å². The number of benzene rings is 4. The second kappa shape index (κ2) is 13.4. The monoisotopic (exact) mass is 646 g/mol. The van der Waals surface area contributed by atoms with Gasteiger partial charge in [-0.25, -0.2) is 0 Å². The normalized spacial score (nSPS) is 16.9. The van der Waals surface area contributed by atoms with Crippen molar-refractivity contribution in [3.63, 3.8) is 0 Å². The van der Waals surface area contributed by atoms with E-state index in [1.165, 1.54) is 0 Å². The summed E-state index contributed by atoms with van der Waals surface area (Å²) in [5, 5.41) is 19.4. The molecule has 0 aromatic heterocycles. The van der Waals surface area contributed by atoms with Crippen LogP contribution in [0.1, 0.15) is 57.5 Å². The Morgan fingerprint density at radius 2 is 1.27 bits per heavy atom. The molecule has 6 rings (SSSR count). The lowest BCUT2D eigenvalue weighted by Crippen LogP contribution is -2.22. The molecule has 0 aliphatic heterocycles. The molecular weight excluding hydrogens is 608 g/mol. The number of carbonyl (C=O) groups is 2. The van der Waals surface area contributed by atoms with E-state index >= 15 is 0 Å². The summed E-state index contributed by atoms with van der Waals surface area (Å²) < 4.78 is 6.29. The summed E-state index contributed by atoms with van der Waals surface area (Å²) in [7, 11) is 0. The van der Waals surface area contributed by atoms with Crippen LogP contribution >= 0.6 is 0 Å². The Bertz CT molecular complexity index is 2180. The minimum atomic E-state index is -0.297. The van der Waals surface area contributed by atoms with Crippen molar-refractivity contribution in [3.05, 3.63) is 149 Å². The molecule has 4 aromatic carbocycles. The maximum Gasteiger partial charge on any atom is 0.190 e. The number of carbonyl (C=O) groups excluding carboxylic acids is 2. The van der Waals surface area contributed by atoms with Crippen LogP contribution in [-0.2, 0) is 4.79 Å². The molecule has 7 heteroatoms. The predicted molar refractivity (Wildman–Crippen MR) is 196 cm³/mol. The van der Waals surface area contributed by atoms with Gasteiger partial charge in [-0.15, -0.1) is 0 Å². The highest BCUT2D eigenvalue weighted by Gasteiger charge is 2.30. The first-order chi connectivity index (χ1) is 23.4. The quantitative estimate of drug-likeness (QED) is 0.195. The van der Waals surface area contributed by atoms with Crippen molar-refractivity contribution in [3.8, 4) is 11.5 Å². The van der Waals surface area contributed by atoms with Crippen LogP contribution < -0.4 is 4.74 Å². The lowest BCUT2D eigenvalue weighted by atomic mass is 9.76. The number of ketones is 2. The summed E-state index contributed by atoms with van der Waals surface area (Å²) in [5.41, 5.74) is 5.51. The summed E-state index contributed by atoms with van der Waals surface area (Å²) in [4.78, 5) is 25.4. The van der Waals surface area contributed by atoms with Gasteiger partial charge in [0, 0.05) is 33.1 Å². The number of rotatable bonds is 6. The number of fused-ring (bicyclic) bond motifs is 2. The maximum absolute atomic E-state index is 13.1. The molecule has 0 fully saturated rings. The molecule has 0 heterocycles. The molecule has 2 aliphatic rings. The van der Waals surface area contributed by atoms with Gasteiger partial charge in [0.15, 0.2) is 11.6 Å². The van der Waals surface area contributed by atoms with E-state index in [4.69, 9.17) is 4.74 Å². The van der Waals surface area contributed by atoms with Crippen LogP contribution in [-0.4, -0.2) is 11.6 Å². The second-order valence-corrected chi connectivity index (χ2v) is 14.1. The van der Waals surface area contributed by atoms with Crippen LogP contribution in [0.2, 0.25) is 0 Å². The molecule has 0 radical (unpaired) electrons. The molecule has 49 heavy (non-hydrogen) atoms. The minimum Gasteiger partial charge on any atom is -0.457 e. The Kier molecular flexibility index (Phi) is 9.02. The fourth-order valence-corrected chi connectivity index (χ4v) is 5.71. The van der Waals surface area contributed by atoms with Gasteiger partial charge in [-0.2, -0.15) is 20.5 Å². The zero-order valence-electron chi connectivity index (χ0n) is 28.6. The first kappa shape index (κ1) is 33.1. The average Bonchev–Trinajstić information content (AvgIpc) is 3.07. The molecule has 0 bridgehead atoms. The SMILES string of the molecule is CC(C)(C)C1=C/C(=C/N=Nc2ccc(Oc3ccc(N=N/C=C4/C=C(C(C)(C)C)C(=O)c5ccccc54)cc3)c3ccccc23)C=CC1=O. The number of hydrogen-bond donors (Lipinski definition) is 0. The molecule has 0 amide bonds. The molecule has 4 aromatic rings. The highest BCUT2D eigenvalue weighted by molar-refractivity contribution is 6.16. The minimum absolute atomic E-state index is 0.0213. The van der Waals surface area contributed by atoms with Crippen LogP contribution in [0.25, 0.3) is 16.3 Å². The molecule has 2 aliphatic carbocycles. The second-order valence-electron chi connectivity index (χ2n) is 14.1. The molecular formula is C42H38N4O3. The highest BCUT2D eigenvalue weighted by atomic mass is 16.5. The molecule has 7 nitrogen and oxygen atoms in total. The summed E-state index contributed by atoms with van der Waals surface area (Å²) in [5.74, 6) is 1.41. The smallest absolute Gasteiger partial charge is 0.190 e. The van der Waals surface area contributed by atoms with Crippen molar-refractivity contribution in [1.29, 1.82) is 0 Å². The van der Waals surface area contributed by atoms with E-state index in [1.807, 2.05) is 139 Å². The van der Waals surface area contributed by atoms with E-state index in [0.717, 1.165) is 38.6 Å². The van der Waals surface area contributed by atoms with Crippen molar-refractivity contribution in [2.24, 2.45) is 31.3 Å². The van der Waals surface area contributed by atoms with Crippen molar-refractivity contribution >= 4 is 39.3 Å². The van der Waals surface area contributed by atoms with Gasteiger partial charge in [-0.1, -0.05) is 90.1 Å². The van der Waals surface area contributed by atoms with Crippen LogP contribution in [0, 0.1) is 10.8 Å². The average molecular weight is 647 g/mol. The van der Waals surface area contributed by atoms with Crippen LogP contribution in [0.3, 0.4) is 0 Å². The van der Waals surface area contributed by atoms with E-state index in [0.29, 0.717) is 28.4 Å². The number of nitrogens with zero attached hydrogens (tertiary/aromatic N) is 4. The Balaban J connectivity index is 1.19. The zero-order chi connectivity index (χ0) is 34.8. The van der Waals surface area contributed by atoms with E-state index < -0.39 is 0 Å². The molecule has 244 valence electrons. The summed E-state index contributed by atoms with van der Waals surface area (Å²) in [6.07, 6.45) is 10.5. The van der Waals surface area contributed by atoms with Gasteiger partial charge in [0.05, 0.1) is 23.8 Å². The van der Waals surface area contributed by atoms with Gasteiger partial charge in [-0.05, 0) is 82.7 Å². The number of allylic oxidation sites excluding steroid dienone is 8. The standard InChI is InChI=1S/C42H38N4O3/c1-41(2,3)35-23-27(15-21-38(35)47)25-43-46-37-20-22-39(33-13-9-8-12-32(33)37)49-30-18-16-29(17-19-30)45-44-26-28-24-36(42(4,5)6)40(48)34-14-10-7-11-31(28)34/h7-26H,1-6H3/b27-25+,28-26-,45-44?,46-43?. The highest BCUT2D eigenvalue weighted by Crippen LogP contribution is 2.39. The van der Waals surface area contributed by atoms with Gasteiger partial charge in [-0.3, -0.25) is 9.59 Å². The molecule has 0 unspecified atom stereocenters. The lowest BCUT2D eigenvalue weighted by Gasteiger charge is -2.27. The van der Waals surface area contributed by atoms with E-state index in [-0.39, 0.29) is 22.4 Å². The van der Waals surface area contributed by atoms with Gasteiger partial charge in [0.1, 0.15) is 11.5 Å². The lowest BCUT2D eigenvalue weighted by molar-refractivity contribution is -0.112. The van der Waals surface area contributed by atoms with Gasteiger partial charge >= 0.3 is 0 Å². The van der Waals surface area contributed by atoms with Crippen molar-refractivity contribution in [2.75, 3.05) is 0 Å². The Morgan fingerprint density at radius 1 is 0.612 bits per heavy atom. The van der Waals surface area contributed by atoms with Crippen molar-refractivity contribution < 1.29 is 14.3 Å². The third kappa shape index (κ3) is 7.36.